The zero-order valence-electron chi connectivity index (χ0n) is 28.5. The third-order valence-electron chi connectivity index (χ3n) is 10.3. The van der Waals surface area contributed by atoms with Gasteiger partial charge in [0.25, 0.3) is 0 Å². The number of benzene rings is 9. The van der Waals surface area contributed by atoms with Crippen LogP contribution in [0.4, 0.5) is 17.1 Å². The number of para-hydroxylation sites is 1. The lowest BCUT2D eigenvalue weighted by molar-refractivity contribution is 1.19. The maximum atomic E-state index is 2.46. The second kappa shape index (κ2) is 12.5. The van der Waals surface area contributed by atoms with E-state index in [0.717, 1.165) is 22.7 Å². The predicted octanol–water partition coefficient (Wildman–Crippen LogP) is 13.9. The van der Waals surface area contributed by atoms with Crippen molar-refractivity contribution in [3.63, 3.8) is 0 Å². The van der Waals surface area contributed by atoms with Gasteiger partial charge in [-0.25, -0.2) is 0 Å². The molecule has 0 aliphatic heterocycles. The molecule has 0 bridgehead atoms. The molecule has 0 saturated carbocycles. The highest BCUT2D eigenvalue weighted by Crippen LogP contribution is 2.48. The lowest BCUT2D eigenvalue weighted by atomic mass is 9.99. The predicted molar refractivity (Wildman–Crippen MR) is 221 cm³/mol. The summed E-state index contributed by atoms with van der Waals surface area (Å²) in [5.74, 6) is 0. The number of anilines is 3. The van der Waals surface area contributed by atoms with Gasteiger partial charge in [-0.05, 0) is 93.0 Å². The second-order valence-electron chi connectivity index (χ2n) is 13.4. The Balaban J connectivity index is 1.33. The standard InChI is InChI=1S/C50H34N2/c1-4-14-35(15-5-1)38-24-28-43(29-25-38)51(44-30-26-37-18-10-11-19-39(37)32-44)48-34-41-20-12-13-23-45(41)50-49(48)46-33-40(36-16-6-2-7-17-36)27-31-47(46)52(50)42-21-8-3-9-22-42/h1-34H. The molecule has 0 unspecified atom stereocenters. The van der Waals surface area contributed by atoms with Crippen LogP contribution in [0.3, 0.4) is 0 Å². The number of hydrogen-bond acceptors (Lipinski definition) is 1. The monoisotopic (exact) mass is 662 g/mol. The van der Waals surface area contributed by atoms with Crippen LogP contribution in [0, 0.1) is 0 Å². The summed E-state index contributed by atoms with van der Waals surface area (Å²) in [6, 6.07) is 74.8. The van der Waals surface area contributed by atoms with E-state index in [9.17, 15) is 0 Å². The first-order valence-electron chi connectivity index (χ1n) is 17.9. The zero-order chi connectivity index (χ0) is 34.4. The van der Waals surface area contributed by atoms with Crippen molar-refractivity contribution in [1.29, 1.82) is 0 Å². The Morgan fingerprint density at radius 3 is 1.63 bits per heavy atom. The molecule has 52 heavy (non-hydrogen) atoms. The summed E-state index contributed by atoms with van der Waals surface area (Å²) in [4.78, 5) is 2.46. The van der Waals surface area contributed by atoms with E-state index >= 15 is 0 Å². The SMILES string of the molecule is c1ccc(-c2ccc(N(c3ccc4ccccc4c3)c3cc4ccccc4c4c3c3cc(-c5ccccc5)ccc3n4-c3ccccc3)cc2)cc1. The third-order valence-corrected chi connectivity index (χ3v) is 10.3. The van der Waals surface area contributed by atoms with Crippen molar-refractivity contribution in [3.8, 4) is 27.9 Å². The molecule has 0 aliphatic rings. The summed E-state index contributed by atoms with van der Waals surface area (Å²) >= 11 is 0. The van der Waals surface area contributed by atoms with Gasteiger partial charge in [0, 0.05) is 33.2 Å². The number of fused-ring (bicyclic) bond motifs is 6. The Bertz CT molecular complexity index is 2870. The van der Waals surface area contributed by atoms with Gasteiger partial charge in [-0.3, -0.25) is 0 Å². The van der Waals surface area contributed by atoms with Crippen LogP contribution in [-0.4, -0.2) is 4.57 Å². The number of rotatable bonds is 6. The quantitative estimate of drug-likeness (QED) is 0.172. The minimum absolute atomic E-state index is 1.10. The van der Waals surface area contributed by atoms with Crippen LogP contribution >= 0.6 is 0 Å². The highest BCUT2D eigenvalue weighted by molar-refractivity contribution is 6.25. The molecule has 2 heteroatoms. The molecule has 244 valence electrons. The summed E-state index contributed by atoms with van der Waals surface area (Å²) in [6.07, 6.45) is 0. The summed E-state index contributed by atoms with van der Waals surface area (Å²) in [5, 5.41) is 7.28. The van der Waals surface area contributed by atoms with Crippen molar-refractivity contribution in [3.05, 3.63) is 206 Å². The van der Waals surface area contributed by atoms with Gasteiger partial charge in [0.05, 0.1) is 16.7 Å². The first-order valence-corrected chi connectivity index (χ1v) is 17.9. The molecule has 10 aromatic rings. The van der Waals surface area contributed by atoms with Gasteiger partial charge in [-0.15, -0.1) is 0 Å². The van der Waals surface area contributed by atoms with Gasteiger partial charge in [-0.1, -0.05) is 152 Å². The van der Waals surface area contributed by atoms with E-state index in [1.54, 1.807) is 0 Å². The van der Waals surface area contributed by atoms with E-state index in [0.29, 0.717) is 0 Å². The van der Waals surface area contributed by atoms with Crippen molar-refractivity contribution in [2.75, 3.05) is 4.90 Å². The Hall–Kier alpha value is -6.90. The van der Waals surface area contributed by atoms with Crippen LogP contribution in [0.25, 0.3) is 71.3 Å². The maximum Gasteiger partial charge on any atom is 0.0640 e. The largest absolute Gasteiger partial charge is 0.310 e. The molecule has 0 aliphatic carbocycles. The summed E-state index contributed by atoms with van der Waals surface area (Å²) in [6.45, 7) is 0. The summed E-state index contributed by atoms with van der Waals surface area (Å²) in [7, 11) is 0. The molecule has 0 N–H and O–H groups in total. The summed E-state index contributed by atoms with van der Waals surface area (Å²) in [5.41, 5.74) is 11.7. The van der Waals surface area contributed by atoms with E-state index in [-0.39, 0.29) is 0 Å². The highest BCUT2D eigenvalue weighted by atomic mass is 15.1. The van der Waals surface area contributed by atoms with E-state index in [1.165, 1.54) is 65.6 Å². The van der Waals surface area contributed by atoms with E-state index < -0.39 is 0 Å². The molecule has 0 radical (unpaired) electrons. The summed E-state index contributed by atoms with van der Waals surface area (Å²) < 4.78 is 2.46. The zero-order valence-corrected chi connectivity index (χ0v) is 28.5. The second-order valence-corrected chi connectivity index (χ2v) is 13.4. The topological polar surface area (TPSA) is 8.17 Å². The average Bonchev–Trinajstić information content (AvgIpc) is 3.57. The Labute approximate surface area is 303 Å². The number of aromatic nitrogens is 1. The molecule has 1 heterocycles. The maximum absolute atomic E-state index is 2.46. The first kappa shape index (κ1) is 30.0. The van der Waals surface area contributed by atoms with Crippen LogP contribution < -0.4 is 4.90 Å². The van der Waals surface area contributed by atoms with Crippen molar-refractivity contribution >= 4 is 60.4 Å². The molecule has 0 atom stereocenters. The molecule has 1 aromatic heterocycles. The third kappa shape index (κ3) is 5.04. The van der Waals surface area contributed by atoms with Crippen LogP contribution in [0.2, 0.25) is 0 Å². The van der Waals surface area contributed by atoms with Crippen molar-refractivity contribution < 1.29 is 0 Å². The van der Waals surface area contributed by atoms with Crippen LogP contribution in [0.1, 0.15) is 0 Å². The minimum Gasteiger partial charge on any atom is -0.310 e. The van der Waals surface area contributed by atoms with Crippen molar-refractivity contribution in [2.24, 2.45) is 0 Å². The van der Waals surface area contributed by atoms with Crippen molar-refractivity contribution in [1.82, 2.24) is 4.57 Å². The van der Waals surface area contributed by atoms with Crippen LogP contribution in [-0.2, 0) is 0 Å². The van der Waals surface area contributed by atoms with Crippen molar-refractivity contribution in [2.45, 2.75) is 0 Å². The molecule has 0 spiro atoms. The van der Waals surface area contributed by atoms with Gasteiger partial charge in [-0.2, -0.15) is 0 Å². The van der Waals surface area contributed by atoms with Crippen LogP contribution in [0.15, 0.2) is 206 Å². The Morgan fingerprint density at radius 2 is 0.904 bits per heavy atom. The lowest BCUT2D eigenvalue weighted by Gasteiger charge is -2.28. The first-order chi connectivity index (χ1) is 25.8. The lowest BCUT2D eigenvalue weighted by Crippen LogP contribution is -2.10. The molecular weight excluding hydrogens is 629 g/mol. The molecule has 10 rings (SSSR count). The van der Waals surface area contributed by atoms with Gasteiger partial charge < -0.3 is 9.47 Å². The fourth-order valence-corrected chi connectivity index (χ4v) is 7.87. The van der Waals surface area contributed by atoms with Gasteiger partial charge in [0.1, 0.15) is 0 Å². The van der Waals surface area contributed by atoms with Gasteiger partial charge in [0.2, 0.25) is 0 Å². The smallest absolute Gasteiger partial charge is 0.0640 e. The van der Waals surface area contributed by atoms with E-state index in [1.807, 2.05) is 0 Å². The van der Waals surface area contributed by atoms with Gasteiger partial charge in [0.15, 0.2) is 0 Å². The van der Waals surface area contributed by atoms with Crippen LogP contribution in [0.5, 0.6) is 0 Å². The molecule has 0 saturated heterocycles. The van der Waals surface area contributed by atoms with E-state index in [2.05, 4.69) is 216 Å². The Morgan fingerprint density at radius 1 is 0.346 bits per heavy atom. The molecule has 0 amide bonds. The number of nitrogens with zero attached hydrogens (tertiary/aromatic N) is 2. The minimum atomic E-state index is 1.10. The fourth-order valence-electron chi connectivity index (χ4n) is 7.87. The number of hydrogen-bond donors (Lipinski definition) is 0. The Kier molecular flexibility index (Phi) is 7.18. The molecular formula is C50H34N2. The molecule has 9 aromatic carbocycles. The van der Waals surface area contributed by atoms with E-state index in [4.69, 9.17) is 0 Å². The molecule has 2 nitrogen and oxygen atoms in total. The average molecular weight is 663 g/mol. The fraction of sp³-hybridized carbons (Fsp3) is 0. The van der Waals surface area contributed by atoms with Gasteiger partial charge >= 0.3 is 0 Å². The normalized spacial score (nSPS) is 11.5. The highest BCUT2D eigenvalue weighted by Gasteiger charge is 2.24. The molecule has 0 fully saturated rings.